The summed E-state index contributed by atoms with van der Waals surface area (Å²) in [6.45, 7) is 10.1. The van der Waals surface area contributed by atoms with Crippen molar-refractivity contribution in [1.29, 1.82) is 0 Å². The Morgan fingerprint density at radius 1 is 1.04 bits per heavy atom. The van der Waals surface area contributed by atoms with Gasteiger partial charge in [-0.1, -0.05) is 30.3 Å². The van der Waals surface area contributed by atoms with Crippen molar-refractivity contribution in [2.24, 2.45) is 11.3 Å². The van der Waals surface area contributed by atoms with Crippen LogP contribution in [0.4, 0.5) is 18.0 Å². The molecular formula is C37H46F3N5O6. The number of ether oxygens (including phenoxy) is 2. The van der Waals surface area contributed by atoms with Crippen molar-refractivity contribution in [3.8, 4) is 11.3 Å². The molecule has 1 fully saturated rings. The van der Waals surface area contributed by atoms with Gasteiger partial charge in [0.15, 0.2) is 6.10 Å². The van der Waals surface area contributed by atoms with Crippen LogP contribution in [-0.4, -0.2) is 87.8 Å². The van der Waals surface area contributed by atoms with E-state index in [1.54, 1.807) is 39.2 Å². The van der Waals surface area contributed by atoms with Crippen molar-refractivity contribution < 1.29 is 41.8 Å². The molecule has 3 amide bonds. The smallest absolute Gasteiger partial charge is 0.410 e. The zero-order valence-corrected chi connectivity index (χ0v) is 30.2. The topological polar surface area (TPSA) is 123 Å². The molecule has 1 saturated heterocycles. The number of halogens is 3. The number of hydrogen-bond donors (Lipinski definition) is 1. The van der Waals surface area contributed by atoms with Gasteiger partial charge in [0.2, 0.25) is 5.91 Å². The largest absolute Gasteiger partial charge is 0.453 e. The summed E-state index contributed by atoms with van der Waals surface area (Å²) in [6.07, 6.45) is -2.18. The van der Waals surface area contributed by atoms with Gasteiger partial charge in [0.1, 0.15) is 35.3 Å². The van der Waals surface area contributed by atoms with Crippen LogP contribution in [0.5, 0.6) is 0 Å². The molecule has 1 unspecified atom stereocenters. The molecular weight excluding hydrogens is 667 g/mol. The van der Waals surface area contributed by atoms with Crippen LogP contribution in [-0.2, 0) is 30.4 Å². The molecule has 0 aliphatic carbocycles. The number of carbonyl (C=O) groups is 4. The number of nitrogens with zero attached hydrogens (tertiary/aromatic N) is 4. The SMILES string of the molecule is CNC(=O)C(C)(C)[C@H](c1nc(-c2cc(F)ccc2F)cn1Cc1ccccc1)N(C[C@@H]1CN(C(=O)OC(C)(C)C)CC1F)C(=O)[C@H](C)OC(C)=O. The third-order valence-corrected chi connectivity index (χ3v) is 8.68. The van der Waals surface area contributed by atoms with Crippen molar-refractivity contribution in [2.45, 2.75) is 78.9 Å². The summed E-state index contributed by atoms with van der Waals surface area (Å²) in [7, 11) is 1.42. The van der Waals surface area contributed by atoms with E-state index in [-0.39, 0.29) is 43.3 Å². The fourth-order valence-corrected chi connectivity index (χ4v) is 6.26. The third kappa shape index (κ3) is 9.27. The molecule has 3 aromatic rings. The van der Waals surface area contributed by atoms with Crippen LogP contribution in [0, 0.1) is 23.0 Å². The second kappa shape index (κ2) is 15.6. The molecule has 51 heavy (non-hydrogen) atoms. The van der Waals surface area contributed by atoms with Crippen molar-refractivity contribution in [2.75, 3.05) is 26.7 Å². The number of carbonyl (C=O) groups excluding carboxylic acids is 4. The Balaban J connectivity index is 1.93. The number of imidazole rings is 1. The van der Waals surface area contributed by atoms with Gasteiger partial charge in [0.05, 0.1) is 17.7 Å². The van der Waals surface area contributed by atoms with Gasteiger partial charge in [-0.25, -0.2) is 22.9 Å². The molecule has 4 atom stereocenters. The first-order valence-electron chi connectivity index (χ1n) is 16.7. The van der Waals surface area contributed by atoms with Crippen molar-refractivity contribution >= 4 is 23.9 Å². The van der Waals surface area contributed by atoms with Gasteiger partial charge in [-0.3, -0.25) is 14.4 Å². The number of benzene rings is 2. The van der Waals surface area contributed by atoms with Crippen LogP contribution in [0.3, 0.4) is 0 Å². The predicted molar refractivity (Wildman–Crippen MR) is 183 cm³/mol. The summed E-state index contributed by atoms with van der Waals surface area (Å²) >= 11 is 0. The highest BCUT2D eigenvalue weighted by Crippen LogP contribution is 2.42. The molecule has 276 valence electrons. The maximum absolute atomic E-state index is 15.9. The molecule has 14 heteroatoms. The number of rotatable bonds is 11. The summed E-state index contributed by atoms with van der Waals surface area (Å²) in [5, 5.41) is 2.63. The van der Waals surface area contributed by atoms with Gasteiger partial charge in [0.25, 0.3) is 5.91 Å². The van der Waals surface area contributed by atoms with Crippen molar-refractivity contribution in [3.05, 3.63) is 77.8 Å². The van der Waals surface area contributed by atoms with E-state index in [0.717, 1.165) is 30.7 Å². The van der Waals surface area contributed by atoms with Crippen LogP contribution < -0.4 is 5.32 Å². The van der Waals surface area contributed by atoms with E-state index in [2.05, 4.69) is 5.32 Å². The molecule has 11 nitrogen and oxygen atoms in total. The van der Waals surface area contributed by atoms with Crippen LogP contribution >= 0.6 is 0 Å². The highest BCUT2D eigenvalue weighted by Gasteiger charge is 2.49. The van der Waals surface area contributed by atoms with Crippen LogP contribution in [0.15, 0.2) is 54.7 Å². The van der Waals surface area contributed by atoms with Crippen molar-refractivity contribution in [3.63, 3.8) is 0 Å². The Kier molecular flexibility index (Phi) is 11.9. The molecule has 4 rings (SSSR count). The maximum atomic E-state index is 15.9. The summed E-state index contributed by atoms with van der Waals surface area (Å²) in [4.78, 5) is 60.3. The minimum absolute atomic E-state index is 0.0245. The third-order valence-electron chi connectivity index (χ3n) is 8.68. The lowest BCUT2D eigenvalue weighted by atomic mass is 9.80. The minimum Gasteiger partial charge on any atom is -0.453 e. The predicted octanol–water partition coefficient (Wildman–Crippen LogP) is 5.68. The van der Waals surface area contributed by atoms with Crippen molar-refractivity contribution in [1.82, 2.24) is 24.7 Å². The van der Waals surface area contributed by atoms with Gasteiger partial charge in [-0.2, -0.15) is 0 Å². The minimum atomic E-state index is -1.60. The lowest BCUT2D eigenvalue weighted by Crippen LogP contribution is -2.53. The molecule has 1 aliphatic rings. The van der Waals surface area contributed by atoms with E-state index in [0.29, 0.717) is 0 Å². The van der Waals surface area contributed by atoms with Crippen LogP contribution in [0.2, 0.25) is 0 Å². The average Bonchev–Trinajstić information content (AvgIpc) is 3.63. The average molecular weight is 714 g/mol. The van der Waals surface area contributed by atoms with Crippen LogP contribution in [0.1, 0.15) is 65.9 Å². The van der Waals surface area contributed by atoms with Gasteiger partial charge < -0.3 is 29.2 Å². The normalized spacial score (nSPS) is 17.4. The van der Waals surface area contributed by atoms with Crippen LogP contribution in [0.25, 0.3) is 11.3 Å². The first-order chi connectivity index (χ1) is 23.8. The van der Waals surface area contributed by atoms with Gasteiger partial charge in [-0.05, 0) is 65.3 Å². The maximum Gasteiger partial charge on any atom is 0.410 e. The highest BCUT2D eigenvalue weighted by atomic mass is 19.1. The second-order valence-corrected chi connectivity index (χ2v) is 14.3. The first kappa shape index (κ1) is 38.9. The van der Waals surface area contributed by atoms with E-state index in [9.17, 15) is 23.6 Å². The molecule has 0 spiro atoms. The standard InChI is InChI=1S/C37H46F3N5O6/c1-22(50-23(2)46)33(47)45(19-25-18-44(20-29(25)40)35(49)51-36(3,4)5)31(37(6,7)34(48)41-8)32-42-30(27-16-26(38)14-15-28(27)39)21-43(32)17-24-12-10-9-11-13-24/h9-16,21-22,25,29,31H,17-20H2,1-8H3,(H,41,48)/t22-,25-,29?,31-/m0/s1. The second-order valence-electron chi connectivity index (χ2n) is 14.3. The Hall–Kier alpha value is -4.88. The van der Waals surface area contributed by atoms with Gasteiger partial charge in [-0.15, -0.1) is 0 Å². The molecule has 2 heterocycles. The molecule has 2 aromatic carbocycles. The zero-order chi connectivity index (χ0) is 37.8. The number of nitrogens with one attached hydrogen (secondary N) is 1. The first-order valence-corrected chi connectivity index (χ1v) is 16.7. The molecule has 1 aromatic heterocycles. The Morgan fingerprint density at radius 3 is 2.31 bits per heavy atom. The molecule has 0 bridgehead atoms. The number of amides is 3. The summed E-state index contributed by atoms with van der Waals surface area (Å²) in [5.41, 5.74) is -1.68. The van der Waals surface area contributed by atoms with E-state index in [1.165, 1.54) is 30.0 Å². The quantitative estimate of drug-likeness (QED) is 0.254. The summed E-state index contributed by atoms with van der Waals surface area (Å²) in [5.74, 6) is -4.32. The molecule has 1 aliphatic heterocycles. The van der Waals surface area contributed by atoms with Gasteiger partial charge >= 0.3 is 12.1 Å². The Labute approximate surface area is 296 Å². The number of hydrogen-bond acceptors (Lipinski definition) is 7. The molecule has 1 N–H and O–H groups in total. The fraction of sp³-hybridized carbons (Fsp3) is 0.486. The Bertz CT molecular complexity index is 1740. The van der Waals surface area contributed by atoms with E-state index < -0.39 is 70.8 Å². The number of alkyl halides is 1. The fourth-order valence-electron chi connectivity index (χ4n) is 6.26. The number of likely N-dealkylation sites (tertiary alicyclic amines) is 1. The van der Waals surface area contributed by atoms with Gasteiger partial charge in [0, 0.05) is 51.3 Å². The Morgan fingerprint density at radius 2 is 1.71 bits per heavy atom. The number of esters is 1. The number of aromatic nitrogens is 2. The lowest BCUT2D eigenvalue weighted by molar-refractivity contribution is -0.162. The van der Waals surface area contributed by atoms with E-state index in [1.807, 2.05) is 30.3 Å². The summed E-state index contributed by atoms with van der Waals surface area (Å²) < 4.78 is 57.9. The summed E-state index contributed by atoms with van der Waals surface area (Å²) in [6, 6.07) is 10.8. The highest BCUT2D eigenvalue weighted by molar-refractivity contribution is 5.86. The lowest BCUT2D eigenvalue weighted by Gasteiger charge is -2.42. The zero-order valence-electron chi connectivity index (χ0n) is 30.2. The van der Waals surface area contributed by atoms with E-state index >= 15 is 8.78 Å². The molecule has 0 radical (unpaired) electrons. The molecule has 0 saturated carbocycles. The van der Waals surface area contributed by atoms with E-state index in [4.69, 9.17) is 14.5 Å². The monoisotopic (exact) mass is 713 g/mol.